The van der Waals surface area contributed by atoms with E-state index < -0.39 is 5.97 Å². The van der Waals surface area contributed by atoms with E-state index >= 15 is 0 Å². The summed E-state index contributed by atoms with van der Waals surface area (Å²) in [6.07, 6.45) is 0.0568. The largest absolute Gasteiger partial charge is 0.481 e. The van der Waals surface area contributed by atoms with E-state index in [1.807, 2.05) is 42.5 Å². The van der Waals surface area contributed by atoms with Crippen LogP contribution in [0.25, 0.3) is 0 Å². The highest BCUT2D eigenvalue weighted by Crippen LogP contribution is 2.23. The van der Waals surface area contributed by atoms with Crippen LogP contribution in [0.1, 0.15) is 29.7 Å². The van der Waals surface area contributed by atoms with E-state index in [2.05, 4.69) is 34.2 Å². The van der Waals surface area contributed by atoms with Crippen molar-refractivity contribution in [3.63, 3.8) is 0 Å². The number of benzene rings is 2. The zero-order valence-electron chi connectivity index (χ0n) is 11.8. The molecule has 2 aromatic rings. The van der Waals surface area contributed by atoms with Crippen LogP contribution in [0, 0.1) is 0 Å². The fourth-order valence-electron chi connectivity index (χ4n) is 2.26. The Morgan fingerprint density at radius 3 is 2.43 bits per heavy atom. The van der Waals surface area contributed by atoms with E-state index in [4.69, 9.17) is 5.11 Å². The van der Waals surface area contributed by atoms with Gasteiger partial charge in [-0.2, -0.15) is 0 Å². The third kappa shape index (κ3) is 4.41. The zero-order valence-corrected chi connectivity index (χ0v) is 13.4. The van der Waals surface area contributed by atoms with Gasteiger partial charge in [0.1, 0.15) is 0 Å². The molecule has 0 aliphatic rings. The van der Waals surface area contributed by atoms with Crippen molar-refractivity contribution in [1.29, 1.82) is 0 Å². The highest BCUT2D eigenvalue weighted by Gasteiger charge is 2.10. The van der Waals surface area contributed by atoms with Crippen LogP contribution in [0.3, 0.4) is 0 Å². The van der Waals surface area contributed by atoms with Crippen molar-refractivity contribution >= 4 is 21.9 Å². The highest BCUT2D eigenvalue weighted by atomic mass is 79.9. The lowest BCUT2D eigenvalue weighted by molar-refractivity contribution is -0.136. The third-order valence-corrected chi connectivity index (χ3v) is 4.15. The van der Waals surface area contributed by atoms with E-state index in [0.717, 1.165) is 15.6 Å². The summed E-state index contributed by atoms with van der Waals surface area (Å²) in [7, 11) is 0. The van der Waals surface area contributed by atoms with Crippen LogP contribution in [0.5, 0.6) is 0 Å². The minimum absolute atomic E-state index is 0.0568. The van der Waals surface area contributed by atoms with Gasteiger partial charge in [0.15, 0.2) is 0 Å². The Hall–Kier alpha value is -1.65. The quantitative estimate of drug-likeness (QED) is 0.832. The average Bonchev–Trinajstić information content (AvgIpc) is 2.46. The summed E-state index contributed by atoms with van der Waals surface area (Å²) in [6.45, 7) is 2.74. The Kier molecular flexibility index (Phi) is 5.53. The Morgan fingerprint density at radius 2 is 1.76 bits per heavy atom. The minimum Gasteiger partial charge on any atom is -0.481 e. The molecular weight excluding hydrogens is 330 g/mol. The van der Waals surface area contributed by atoms with Crippen molar-refractivity contribution in [3.05, 3.63) is 69.7 Å². The van der Waals surface area contributed by atoms with Crippen molar-refractivity contribution < 1.29 is 9.90 Å². The monoisotopic (exact) mass is 347 g/mol. The Labute approximate surface area is 133 Å². The van der Waals surface area contributed by atoms with Gasteiger partial charge in [-0.15, -0.1) is 0 Å². The molecule has 21 heavy (non-hydrogen) atoms. The van der Waals surface area contributed by atoms with Crippen molar-refractivity contribution in [3.8, 4) is 0 Å². The molecule has 0 spiro atoms. The fourth-order valence-corrected chi connectivity index (χ4v) is 2.89. The van der Waals surface area contributed by atoms with Gasteiger partial charge in [-0.05, 0) is 29.7 Å². The predicted molar refractivity (Wildman–Crippen MR) is 87.2 cm³/mol. The molecule has 0 heterocycles. The average molecular weight is 348 g/mol. The molecule has 110 valence electrons. The number of hydrogen-bond acceptors (Lipinski definition) is 2. The molecule has 0 fully saturated rings. The van der Waals surface area contributed by atoms with Crippen LogP contribution in [-0.4, -0.2) is 11.1 Å². The lowest BCUT2D eigenvalue weighted by atomic mass is 10.0. The van der Waals surface area contributed by atoms with Crippen LogP contribution in [0.4, 0.5) is 0 Å². The number of rotatable bonds is 6. The number of nitrogens with one attached hydrogen (secondary N) is 1. The Bertz CT molecular complexity index is 628. The SMILES string of the molecule is C[C@@H](NCc1ccccc1CC(=O)O)c1ccccc1Br. The first-order chi connectivity index (χ1) is 10.1. The molecule has 0 unspecified atom stereocenters. The van der Waals surface area contributed by atoms with Crippen LogP contribution in [0.15, 0.2) is 53.0 Å². The van der Waals surface area contributed by atoms with Gasteiger partial charge in [-0.3, -0.25) is 4.79 Å². The summed E-state index contributed by atoms with van der Waals surface area (Å²) < 4.78 is 1.07. The highest BCUT2D eigenvalue weighted by molar-refractivity contribution is 9.10. The number of carboxylic acids is 1. The van der Waals surface area contributed by atoms with Crippen molar-refractivity contribution in [2.24, 2.45) is 0 Å². The van der Waals surface area contributed by atoms with E-state index in [1.165, 1.54) is 5.56 Å². The molecule has 0 aromatic heterocycles. The molecule has 0 aliphatic carbocycles. The van der Waals surface area contributed by atoms with E-state index in [9.17, 15) is 4.79 Å². The maximum absolute atomic E-state index is 10.9. The van der Waals surface area contributed by atoms with Gasteiger partial charge in [0.2, 0.25) is 0 Å². The summed E-state index contributed by atoms with van der Waals surface area (Å²) in [4.78, 5) is 10.9. The second-order valence-electron chi connectivity index (χ2n) is 4.96. The Balaban J connectivity index is 2.06. The van der Waals surface area contributed by atoms with Gasteiger partial charge < -0.3 is 10.4 Å². The summed E-state index contributed by atoms with van der Waals surface area (Å²) in [6, 6.07) is 15.9. The Morgan fingerprint density at radius 1 is 1.14 bits per heavy atom. The topological polar surface area (TPSA) is 49.3 Å². The molecule has 2 aromatic carbocycles. The smallest absolute Gasteiger partial charge is 0.307 e. The number of aliphatic carboxylic acids is 1. The van der Waals surface area contributed by atoms with Crippen LogP contribution < -0.4 is 5.32 Å². The molecule has 3 nitrogen and oxygen atoms in total. The molecule has 0 saturated heterocycles. The first-order valence-corrected chi connectivity index (χ1v) is 7.63. The molecule has 2 N–H and O–H groups in total. The predicted octanol–water partition coefficient (Wildman–Crippen LogP) is 3.93. The maximum Gasteiger partial charge on any atom is 0.307 e. The maximum atomic E-state index is 10.9. The molecule has 0 radical (unpaired) electrons. The van der Waals surface area contributed by atoms with Crippen LogP contribution in [0.2, 0.25) is 0 Å². The van der Waals surface area contributed by atoms with Crippen molar-refractivity contribution in [1.82, 2.24) is 5.32 Å². The molecule has 4 heteroatoms. The third-order valence-electron chi connectivity index (χ3n) is 3.43. The molecule has 2 rings (SSSR count). The lowest BCUT2D eigenvalue weighted by Crippen LogP contribution is -2.19. The van der Waals surface area contributed by atoms with Crippen molar-refractivity contribution in [2.45, 2.75) is 25.9 Å². The van der Waals surface area contributed by atoms with E-state index in [1.54, 1.807) is 0 Å². The number of carboxylic acid groups (broad SMARTS) is 1. The van der Waals surface area contributed by atoms with Gasteiger partial charge in [0, 0.05) is 17.1 Å². The summed E-state index contributed by atoms with van der Waals surface area (Å²) >= 11 is 3.55. The number of halogens is 1. The zero-order chi connectivity index (χ0) is 15.2. The molecule has 0 saturated carbocycles. The van der Waals surface area contributed by atoms with Gasteiger partial charge in [0.05, 0.1) is 6.42 Å². The lowest BCUT2D eigenvalue weighted by Gasteiger charge is -2.17. The first kappa shape index (κ1) is 15.7. The van der Waals surface area contributed by atoms with Crippen molar-refractivity contribution in [2.75, 3.05) is 0 Å². The molecule has 0 aliphatic heterocycles. The molecule has 1 atom stereocenters. The first-order valence-electron chi connectivity index (χ1n) is 6.84. The van der Waals surface area contributed by atoms with Gasteiger partial charge >= 0.3 is 5.97 Å². The summed E-state index contributed by atoms with van der Waals surface area (Å²) in [5.41, 5.74) is 3.07. The number of hydrogen-bond donors (Lipinski definition) is 2. The minimum atomic E-state index is -0.804. The second-order valence-corrected chi connectivity index (χ2v) is 5.82. The van der Waals surface area contributed by atoms with Crippen LogP contribution >= 0.6 is 15.9 Å². The summed E-state index contributed by atoms with van der Waals surface area (Å²) in [5.74, 6) is -0.804. The van der Waals surface area contributed by atoms with Crippen LogP contribution in [-0.2, 0) is 17.8 Å². The fraction of sp³-hybridized carbons (Fsp3) is 0.235. The van der Waals surface area contributed by atoms with E-state index in [-0.39, 0.29) is 12.5 Å². The number of carbonyl (C=O) groups is 1. The molecule has 0 bridgehead atoms. The van der Waals surface area contributed by atoms with Gasteiger partial charge in [-0.25, -0.2) is 0 Å². The van der Waals surface area contributed by atoms with Gasteiger partial charge in [0.25, 0.3) is 0 Å². The van der Waals surface area contributed by atoms with E-state index in [0.29, 0.717) is 6.54 Å². The summed E-state index contributed by atoms with van der Waals surface area (Å²) in [5, 5.41) is 12.4. The normalized spacial score (nSPS) is 12.1. The molecule has 0 amide bonds. The molecular formula is C17H18BrNO2. The second kappa shape index (κ2) is 7.38. The standard InChI is InChI=1S/C17H18BrNO2/c1-12(15-8-4-5-9-16(15)18)19-11-14-7-3-2-6-13(14)10-17(20)21/h2-9,12,19H,10-11H2,1H3,(H,20,21)/t12-/m1/s1. The van der Waals surface area contributed by atoms with Gasteiger partial charge in [-0.1, -0.05) is 58.4 Å².